The van der Waals surface area contributed by atoms with Crippen molar-refractivity contribution in [1.82, 2.24) is 10.3 Å². The number of hydrogen-bond acceptors (Lipinski definition) is 3. The Balaban J connectivity index is 2.54. The number of aryl methyl sites for hydroxylation is 1. The van der Waals surface area contributed by atoms with E-state index < -0.39 is 0 Å². The lowest BCUT2D eigenvalue weighted by molar-refractivity contribution is 0.404. The number of pyridine rings is 1. The summed E-state index contributed by atoms with van der Waals surface area (Å²) in [5.74, 6) is 0.863. The molecule has 0 fully saturated rings. The zero-order chi connectivity index (χ0) is 13.8. The van der Waals surface area contributed by atoms with Gasteiger partial charge in [-0.3, -0.25) is 4.98 Å². The largest absolute Gasteiger partial charge is 0.496 e. The first kappa shape index (κ1) is 14.0. The summed E-state index contributed by atoms with van der Waals surface area (Å²) in [6, 6.07) is 10.1. The molecule has 0 aliphatic carbocycles. The van der Waals surface area contributed by atoms with E-state index in [4.69, 9.17) is 4.74 Å². The van der Waals surface area contributed by atoms with Crippen LogP contribution in [0.4, 0.5) is 0 Å². The molecular formula is C15H17BrN2O. The van der Waals surface area contributed by atoms with Crippen LogP contribution >= 0.6 is 15.9 Å². The summed E-state index contributed by atoms with van der Waals surface area (Å²) in [6.45, 7) is 2.07. The Bertz CT molecular complexity index is 572. The van der Waals surface area contributed by atoms with E-state index in [-0.39, 0.29) is 6.04 Å². The summed E-state index contributed by atoms with van der Waals surface area (Å²) in [7, 11) is 3.61. The number of hydrogen-bond donors (Lipinski definition) is 1. The number of nitrogens with zero attached hydrogens (tertiary/aromatic N) is 1. The van der Waals surface area contributed by atoms with Gasteiger partial charge in [0.15, 0.2) is 0 Å². The van der Waals surface area contributed by atoms with Gasteiger partial charge in [-0.05, 0) is 48.1 Å². The molecule has 2 aromatic rings. The van der Waals surface area contributed by atoms with Crippen LogP contribution in [-0.2, 0) is 0 Å². The fraction of sp³-hybridized carbons (Fsp3) is 0.267. The molecule has 1 atom stereocenters. The Morgan fingerprint density at radius 3 is 2.74 bits per heavy atom. The zero-order valence-corrected chi connectivity index (χ0v) is 12.9. The number of benzene rings is 1. The third kappa shape index (κ3) is 2.96. The molecule has 0 bridgehead atoms. The molecule has 1 heterocycles. The number of halogens is 1. The molecule has 0 spiro atoms. The van der Waals surface area contributed by atoms with Crippen LogP contribution in [0.1, 0.15) is 22.9 Å². The van der Waals surface area contributed by atoms with Gasteiger partial charge in [-0.2, -0.15) is 0 Å². The van der Waals surface area contributed by atoms with Crippen LogP contribution in [0.25, 0.3) is 0 Å². The van der Waals surface area contributed by atoms with Gasteiger partial charge in [0, 0.05) is 16.2 Å². The van der Waals surface area contributed by atoms with Gasteiger partial charge in [-0.25, -0.2) is 0 Å². The van der Waals surface area contributed by atoms with Gasteiger partial charge in [0.2, 0.25) is 0 Å². The first-order chi connectivity index (χ1) is 9.17. The van der Waals surface area contributed by atoms with Crippen molar-refractivity contribution in [2.75, 3.05) is 14.2 Å². The summed E-state index contributed by atoms with van der Waals surface area (Å²) in [5.41, 5.74) is 3.24. The Kier molecular flexibility index (Phi) is 4.56. The number of rotatable bonds is 4. The van der Waals surface area contributed by atoms with E-state index in [2.05, 4.69) is 39.2 Å². The molecule has 3 nitrogen and oxygen atoms in total. The van der Waals surface area contributed by atoms with E-state index in [0.29, 0.717) is 0 Å². The topological polar surface area (TPSA) is 34.1 Å². The van der Waals surface area contributed by atoms with Gasteiger partial charge in [-0.15, -0.1) is 0 Å². The van der Waals surface area contributed by atoms with E-state index in [9.17, 15) is 0 Å². The van der Waals surface area contributed by atoms with E-state index in [1.165, 1.54) is 5.56 Å². The predicted octanol–water partition coefficient (Wildman–Crippen LogP) is 3.47. The maximum atomic E-state index is 5.46. The second-order valence-corrected chi connectivity index (χ2v) is 5.19. The zero-order valence-electron chi connectivity index (χ0n) is 11.3. The van der Waals surface area contributed by atoms with Gasteiger partial charge in [0.1, 0.15) is 5.75 Å². The van der Waals surface area contributed by atoms with Crippen LogP contribution < -0.4 is 10.1 Å². The van der Waals surface area contributed by atoms with Gasteiger partial charge in [0.05, 0.1) is 18.8 Å². The van der Waals surface area contributed by atoms with Crippen molar-refractivity contribution in [3.8, 4) is 5.75 Å². The first-order valence-corrected chi connectivity index (χ1v) is 6.89. The highest BCUT2D eigenvalue weighted by molar-refractivity contribution is 9.10. The fourth-order valence-electron chi connectivity index (χ4n) is 2.13. The third-order valence-corrected chi connectivity index (χ3v) is 3.72. The maximum Gasteiger partial charge on any atom is 0.124 e. The van der Waals surface area contributed by atoms with Crippen LogP contribution in [0.5, 0.6) is 5.75 Å². The summed E-state index contributed by atoms with van der Waals surface area (Å²) in [6.07, 6.45) is 1.80. The molecule has 1 unspecified atom stereocenters. The van der Waals surface area contributed by atoms with Crippen molar-refractivity contribution in [2.24, 2.45) is 0 Å². The molecule has 1 aromatic carbocycles. The molecule has 19 heavy (non-hydrogen) atoms. The van der Waals surface area contributed by atoms with Gasteiger partial charge in [0.25, 0.3) is 0 Å². The Labute approximate surface area is 122 Å². The maximum absolute atomic E-state index is 5.46. The molecule has 100 valence electrons. The minimum absolute atomic E-state index is 0.00887. The van der Waals surface area contributed by atoms with Crippen molar-refractivity contribution >= 4 is 15.9 Å². The molecule has 0 saturated carbocycles. The molecular weight excluding hydrogens is 304 g/mol. The van der Waals surface area contributed by atoms with Crippen molar-refractivity contribution in [3.63, 3.8) is 0 Å². The minimum Gasteiger partial charge on any atom is -0.496 e. The van der Waals surface area contributed by atoms with Gasteiger partial charge < -0.3 is 10.1 Å². The fourth-order valence-corrected chi connectivity index (χ4v) is 2.61. The molecule has 1 N–H and O–H groups in total. The molecule has 2 rings (SSSR count). The number of aromatic nitrogens is 1. The molecule has 0 radical (unpaired) electrons. The molecule has 0 amide bonds. The molecule has 1 aromatic heterocycles. The average Bonchev–Trinajstić information content (AvgIpc) is 2.42. The lowest BCUT2D eigenvalue weighted by Crippen LogP contribution is -2.20. The van der Waals surface area contributed by atoms with Crippen LogP contribution in [0.2, 0.25) is 0 Å². The second-order valence-electron chi connectivity index (χ2n) is 4.34. The third-order valence-electron chi connectivity index (χ3n) is 3.05. The van der Waals surface area contributed by atoms with Crippen LogP contribution in [0.15, 0.2) is 41.0 Å². The Hall–Kier alpha value is -1.39. The lowest BCUT2D eigenvalue weighted by Gasteiger charge is -2.20. The highest BCUT2D eigenvalue weighted by Gasteiger charge is 2.20. The SMILES string of the molecule is CNC(c1cc(C)ccc1OC)c1ncccc1Br. The summed E-state index contributed by atoms with van der Waals surface area (Å²) in [5, 5.41) is 3.30. The molecule has 0 aliphatic rings. The average molecular weight is 321 g/mol. The summed E-state index contributed by atoms with van der Waals surface area (Å²) in [4.78, 5) is 4.47. The van der Waals surface area contributed by atoms with Crippen LogP contribution in [-0.4, -0.2) is 19.1 Å². The van der Waals surface area contributed by atoms with E-state index in [1.807, 2.05) is 31.3 Å². The number of ether oxygens (including phenoxy) is 1. The van der Waals surface area contributed by atoms with Crippen molar-refractivity contribution < 1.29 is 4.74 Å². The number of nitrogens with one attached hydrogen (secondary N) is 1. The minimum atomic E-state index is -0.00887. The van der Waals surface area contributed by atoms with Crippen LogP contribution in [0.3, 0.4) is 0 Å². The Morgan fingerprint density at radius 2 is 2.11 bits per heavy atom. The van der Waals surface area contributed by atoms with E-state index >= 15 is 0 Å². The van der Waals surface area contributed by atoms with Gasteiger partial charge >= 0.3 is 0 Å². The lowest BCUT2D eigenvalue weighted by atomic mass is 10.00. The summed E-state index contributed by atoms with van der Waals surface area (Å²) < 4.78 is 6.45. The Morgan fingerprint density at radius 1 is 1.32 bits per heavy atom. The molecule has 4 heteroatoms. The second kappa shape index (κ2) is 6.17. The highest BCUT2D eigenvalue weighted by Crippen LogP contribution is 2.32. The number of methoxy groups -OCH3 is 1. The van der Waals surface area contributed by atoms with E-state index in [1.54, 1.807) is 13.3 Å². The van der Waals surface area contributed by atoms with Crippen molar-refractivity contribution in [3.05, 3.63) is 57.8 Å². The van der Waals surface area contributed by atoms with Crippen LogP contribution in [0, 0.1) is 6.92 Å². The van der Waals surface area contributed by atoms with Crippen molar-refractivity contribution in [2.45, 2.75) is 13.0 Å². The van der Waals surface area contributed by atoms with E-state index in [0.717, 1.165) is 21.5 Å². The normalized spacial score (nSPS) is 12.2. The first-order valence-electron chi connectivity index (χ1n) is 6.09. The quantitative estimate of drug-likeness (QED) is 0.936. The monoisotopic (exact) mass is 320 g/mol. The van der Waals surface area contributed by atoms with Crippen molar-refractivity contribution in [1.29, 1.82) is 0 Å². The summed E-state index contributed by atoms with van der Waals surface area (Å²) >= 11 is 3.56. The molecule has 0 aliphatic heterocycles. The molecule has 0 saturated heterocycles. The highest BCUT2D eigenvalue weighted by atomic mass is 79.9. The smallest absolute Gasteiger partial charge is 0.124 e. The predicted molar refractivity (Wildman–Crippen MR) is 80.6 cm³/mol. The van der Waals surface area contributed by atoms with Gasteiger partial charge in [-0.1, -0.05) is 17.7 Å². The standard InChI is InChI=1S/C15H17BrN2O/c1-10-6-7-13(19-3)11(9-10)14(17-2)15-12(16)5-4-8-18-15/h4-9,14,17H,1-3H3.